The number of benzene rings is 2. The highest BCUT2D eigenvalue weighted by molar-refractivity contribution is 8.04. The van der Waals surface area contributed by atoms with Crippen LogP contribution < -0.4 is 10.2 Å². The summed E-state index contributed by atoms with van der Waals surface area (Å²) in [6, 6.07) is 21.1. The van der Waals surface area contributed by atoms with E-state index in [-0.39, 0.29) is 11.8 Å². The van der Waals surface area contributed by atoms with Crippen molar-refractivity contribution in [2.24, 2.45) is 0 Å². The van der Waals surface area contributed by atoms with Gasteiger partial charge in [-0.3, -0.25) is 9.59 Å². The van der Waals surface area contributed by atoms with Crippen molar-refractivity contribution in [3.8, 4) is 0 Å². The van der Waals surface area contributed by atoms with Crippen LogP contribution in [-0.4, -0.2) is 47.9 Å². The number of aromatic nitrogens is 1. The van der Waals surface area contributed by atoms with Gasteiger partial charge in [-0.25, -0.2) is 4.98 Å². The normalized spacial score (nSPS) is 17.1. The summed E-state index contributed by atoms with van der Waals surface area (Å²) in [6.07, 6.45) is 3.65. The molecule has 2 amide bonds. The van der Waals surface area contributed by atoms with Crippen molar-refractivity contribution in [2.75, 3.05) is 36.4 Å². The first-order chi connectivity index (χ1) is 15.7. The molecule has 5 rings (SSSR count). The molecule has 0 saturated carbocycles. The van der Waals surface area contributed by atoms with Crippen molar-refractivity contribution in [3.63, 3.8) is 0 Å². The Bertz CT molecular complexity index is 1170. The number of para-hydroxylation sites is 1. The molecular weight excluding hydrogens is 420 g/mol. The van der Waals surface area contributed by atoms with Gasteiger partial charge in [0.1, 0.15) is 5.82 Å². The molecule has 3 heterocycles. The minimum Gasteiger partial charge on any atom is -0.353 e. The summed E-state index contributed by atoms with van der Waals surface area (Å²) < 4.78 is 0. The lowest BCUT2D eigenvalue weighted by Crippen LogP contribution is -2.49. The molecule has 3 aromatic rings. The Hall–Kier alpha value is -3.58. The Labute approximate surface area is 190 Å². The maximum absolute atomic E-state index is 12.9. The first-order valence-corrected chi connectivity index (χ1v) is 11.3. The van der Waals surface area contributed by atoms with Gasteiger partial charge >= 0.3 is 0 Å². The fourth-order valence-electron chi connectivity index (χ4n) is 3.84. The zero-order valence-corrected chi connectivity index (χ0v) is 18.2. The Kier molecular flexibility index (Phi) is 5.64. The summed E-state index contributed by atoms with van der Waals surface area (Å²) in [6.45, 7) is 2.86. The fraction of sp³-hybridized carbons (Fsp3) is 0.160. The molecule has 2 aromatic carbocycles. The van der Waals surface area contributed by atoms with Crippen LogP contribution in [0.2, 0.25) is 0 Å². The third-order valence-electron chi connectivity index (χ3n) is 5.57. The van der Waals surface area contributed by atoms with E-state index in [1.54, 1.807) is 6.20 Å². The molecule has 2 aliphatic heterocycles. The van der Waals surface area contributed by atoms with Crippen LogP contribution in [-0.2, 0) is 4.79 Å². The summed E-state index contributed by atoms with van der Waals surface area (Å²) in [5, 5.41) is 2.92. The van der Waals surface area contributed by atoms with Gasteiger partial charge in [-0.2, -0.15) is 0 Å². The van der Waals surface area contributed by atoms with Crippen molar-refractivity contribution in [3.05, 3.63) is 89.0 Å². The molecule has 32 heavy (non-hydrogen) atoms. The van der Waals surface area contributed by atoms with E-state index in [9.17, 15) is 9.59 Å². The Morgan fingerprint density at radius 1 is 0.938 bits per heavy atom. The SMILES string of the molecule is O=C1Nc2ccccc2S/C1=C/c1ccc(C(=O)N2CCN(c3ccccn3)CC2)cc1. The van der Waals surface area contributed by atoms with Gasteiger partial charge in [0, 0.05) is 42.8 Å². The molecular formula is C25H22N4O2S. The number of amides is 2. The number of anilines is 2. The quantitative estimate of drug-likeness (QED) is 0.618. The van der Waals surface area contributed by atoms with Crippen molar-refractivity contribution in [1.29, 1.82) is 0 Å². The highest BCUT2D eigenvalue weighted by Crippen LogP contribution is 2.38. The topological polar surface area (TPSA) is 65.5 Å². The molecule has 6 nitrogen and oxygen atoms in total. The Morgan fingerprint density at radius 2 is 1.69 bits per heavy atom. The van der Waals surface area contributed by atoms with Crippen LogP contribution in [0.3, 0.4) is 0 Å². The van der Waals surface area contributed by atoms with Gasteiger partial charge in [0.05, 0.1) is 10.6 Å². The third-order valence-corrected chi connectivity index (χ3v) is 6.67. The number of pyridine rings is 1. The summed E-state index contributed by atoms with van der Waals surface area (Å²) >= 11 is 1.46. The number of carbonyl (C=O) groups is 2. The van der Waals surface area contributed by atoms with Crippen LogP contribution in [0.15, 0.2) is 82.7 Å². The van der Waals surface area contributed by atoms with Crippen LogP contribution in [0.5, 0.6) is 0 Å². The highest BCUT2D eigenvalue weighted by Gasteiger charge is 2.23. The lowest BCUT2D eigenvalue weighted by Gasteiger charge is -2.35. The van der Waals surface area contributed by atoms with Crippen LogP contribution in [0.1, 0.15) is 15.9 Å². The second-order valence-corrected chi connectivity index (χ2v) is 8.73. The lowest BCUT2D eigenvalue weighted by molar-refractivity contribution is -0.112. The standard InChI is InChI=1S/C25H22N4O2S/c30-24-22(32-21-6-2-1-5-20(21)27-24)17-18-8-10-19(11-9-18)25(31)29-15-13-28(14-16-29)23-7-3-4-12-26-23/h1-12,17H,13-16H2,(H,27,30)/b22-17+. The first kappa shape index (κ1) is 20.3. The van der Waals surface area contributed by atoms with Crippen LogP contribution in [0.25, 0.3) is 6.08 Å². The fourth-order valence-corrected chi connectivity index (χ4v) is 4.79. The van der Waals surface area contributed by atoms with Gasteiger partial charge in [-0.15, -0.1) is 0 Å². The molecule has 0 spiro atoms. The molecule has 7 heteroatoms. The molecule has 1 N–H and O–H groups in total. The lowest BCUT2D eigenvalue weighted by atomic mass is 10.1. The number of hydrogen-bond acceptors (Lipinski definition) is 5. The molecule has 1 saturated heterocycles. The first-order valence-electron chi connectivity index (χ1n) is 10.5. The third kappa shape index (κ3) is 4.24. The average Bonchev–Trinajstić information content (AvgIpc) is 2.85. The van der Waals surface area contributed by atoms with Gasteiger partial charge in [0.25, 0.3) is 11.8 Å². The molecule has 0 aliphatic carbocycles. The highest BCUT2D eigenvalue weighted by atomic mass is 32.2. The second kappa shape index (κ2) is 8.88. The number of nitrogens with zero attached hydrogens (tertiary/aromatic N) is 3. The van der Waals surface area contributed by atoms with E-state index < -0.39 is 0 Å². The zero-order valence-electron chi connectivity index (χ0n) is 17.4. The molecule has 0 atom stereocenters. The molecule has 0 radical (unpaired) electrons. The van der Waals surface area contributed by atoms with E-state index >= 15 is 0 Å². The van der Waals surface area contributed by atoms with Gasteiger partial charge in [0.2, 0.25) is 0 Å². The van der Waals surface area contributed by atoms with Gasteiger partial charge < -0.3 is 15.1 Å². The van der Waals surface area contributed by atoms with Crippen LogP contribution in [0, 0.1) is 0 Å². The van der Waals surface area contributed by atoms with Gasteiger partial charge in [-0.05, 0) is 48.0 Å². The number of thioether (sulfide) groups is 1. The van der Waals surface area contributed by atoms with Crippen LogP contribution in [0.4, 0.5) is 11.5 Å². The predicted molar refractivity (Wildman–Crippen MR) is 128 cm³/mol. The largest absolute Gasteiger partial charge is 0.353 e. The average molecular weight is 443 g/mol. The van der Waals surface area contributed by atoms with E-state index in [1.807, 2.05) is 77.7 Å². The summed E-state index contributed by atoms with van der Waals surface area (Å²) in [7, 11) is 0. The number of carbonyl (C=O) groups excluding carboxylic acids is 2. The summed E-state index contributed by atoms with van der Waals surface area (Å²) in [5.74, 6) is 0.868. The second-order valence-electron chi connectivity index (χ2n) is 7.65. The number of rotatable bonds is 3. The number of fused-ring (bicyclic) bond motifs is 1. The number of hydrogen-bond donors (Lipinski definition) is 1. The van der Waals surface area contributed by atoms with E-state index in [4.69, 9.17) is 0 Å². The Balaban J connectivity index is 1.24. The molecule has 0 unspecified atom stereocenters. The minimum atomic E-state index is -0.111. The van der Waals surface area contributed by atoms with Gasteiger partial charge in [0.15, 0.2) is 0 Å². The maximum atomic E-state index is 12.9. The zero-order chi connectivity index (χ0) is 21.9. The molecule has 0 bridgehead atoms. The molecule has 1 fully saturated rings. The minimum absolute atomic E-state index is 0.0311. The monoisotopic (exact) mass is 442 g/mol. The smallest absolute Gasteiger partial charge is 0.262 e. The number of nitrogens with one attached hydrogen (secondary N) is 1. The van der Waals surface area contributed by atoms with E-state index in [1.165, 1.54) is 11.8 Å². The summed E-state index contributed by atoms with van der Waals surface area (Å²) in [4.78, 5) is 35.5. The Morgan fingerprint density at radius 3 is 2.44 bits per heavy atom. The van der Waals surface area contributed by atoms with E-state index in [0.717, 1.165) is 35.1 Å². The van der Waals surface area contributed by atoms with E-state index in [0.29, 0.717) is 23.6 Å². The number of piperazine rings is 1. The van der Waals surface area contributed by atoms with Gasteiger partial charge in [-0.1, -0.05) is 42.1 Å². The van der Waals surface area contributed by atoms with Crippen molar-refractivity contribution < 1.29 is 9.59 Å². The van der Waals surface area contributed by atoms with Crippen LogP contribution >= 0.6 is 11.8 Å². The molecule has 160 valence electrons. The molecule has 1 aromatic heterocycles. The summed E-state index contributed by atoms with van der Waals surface area (Å²) in [5.41, 5.74) is 2.38. The van der Waals surface area contributed by atoms with Crippen molar-refractivity contribution in [1.82, 2.24) is 9.88 Å². The van der Waals surface area contributed by atoms with Crippen molar-refractivity contribution in [2.45, 2.75) is 4.90 Å². The molecule has 2 aliphatic rings. The predicted octanol–water partition coefficient (Wildman–Crippen LogP) is 4.13. The maximum Gasteiger partial charge on any atom is 0.262 e. The van der Waals surface area contributed by atoms with E-state index in [2.05, 4.69) is 15.2 Å². The van der Waals surface area contributed by atoms with Crippen molar-refractivity contribution >= 4 is 41.2 Å².